The maximum atomic E-state index is 12.4. The van der Waals surface area contributed by atoms with Gasteiger partial charge in [-0.3, -0.25) is 9.97 Å². The molecule has 39 heavy (non-hydrogen) atoms. The molecule has 0 bridgehead atoms. The summed E-state index contributed by atoms with van der Waals surface area (Å²) >= 11 is 0. The molecule has 5 aromatic rings. The van der Waals surface area contributed by atoms with E-state index in [1.165, 1.54) is 6.08 Å². The third-order valence-electron chi connectivity index (χ3n) is 5.66. The fraction of sp³-hybridized carbons (Fsp3) is 0.172. The van der Waals surface area contributed by atoms with Gasteiger partial charge in [0.2, 0.25) is 10.0 Å². The number of benzene rings is 1. The minimum absolute atomic E-state index is 0.444. The molecule has 0 aliphatic rings. The van der Waals surface area contributed by atoms with E-state index in [1.54, 1.807) is 49.9 Å². The summed E-state index contributed by atoms with van der Waals surface area (Å²) < 4.78 is 29.2. The zero-order valence-electron chi connectivity index (χ0n) is 21.9. The topological polar surface area (TPSA) is 114 Å². The van der Waals surface area contributed by atoms with Crippen LogP contribution in [0.3, 0.4) is 0 Å². The van der Waals surface area contributed by atoms with Crippen LogP contribution >= 0.6 is 0 Å². The average Bonchev–Trinajstić information content (AvgIpc) is 3.35. The summed E-state index contributed by atoms with van der Waals surface area (Å²) in [4.78, 5) is 13.6. The van der Waals surface area contributed by atoms with E-state index in [1.807, 2.05) is 60.8 Å². The van der Waals surface area contributed by atoms with E-state index in [-0.39, 0.29) is 0 Å². The second kappa shape index (κ2) is 10.8. The molecule has 5 rings (SSSR count). The van der Waals surface area contributed by atoms with Gasteiger partial charge >= 0.3 is 0 Å². The van der Waals surface area contributed by atoms with Gasteiger partial charge < -0.3 is 5.32 Å². The lowest BCUT2D eigenvalue weighted by Gasteiger charge is -2.18. The minimum Gasteiger partial charge on any atom is -0.363 e. The smallest absolute Gasteiger partial charge is 0.234 e. The number of hydrogen-bond donors (Lipinski definition) is 2. The number of hydrogen-bond acceptors (Lipinski definition) is 7. The first kappa shape index (κ1) is 26.2. The van der Waals surface area contributed by atoms with Crippen molar-refractivity contribution < 1.29 is 8.42 Å². The van der Waals surface area contributed by atoms with Crippen molar-refractivity contribution in [2.45, 2.75) is 32.9 Å². The lowest BCUT2D eigenvalue weighted by Crippen LogP contribution is -2.39. The van der Waals surface area contributed by atoms with Crippen LogP contribution in [0.5, 0.6) is 0 Å². The zero-order valence-corrected chi connectivity index (χ0v) is 22.7. The molecule has 0 saturated carbocycles. The highest BCUT2D eigenvalue weighted by Gasteiger charge is 2.18. The lowest BCUT2D eigenvalue weighted by atomic mass is 10.1. The second-order valence-corrected chi connectivity index (χ2v) is 11.6. The molecular weight excluding hydrogens is 510 g/mol. The van der Waals surface area contributed by atoms with Gasteiger partial charge in [-0.25, -0.2) is 22.6 Å². The number of sulfonamides is 1. The minimum atomic E-state index is -3.62. The van der Waals surface area contributed by atoms with Crippen molar-refractivity contribution in [3.05, 3.63) is 102 Å². The van der Waals surface area contributed by atoms with Crippen molar-refractivity contribution in [2.75, 3.05) is 5.32 Å². The normalized spacial score (nSPS) is 12.3. The van der Waals surface area contributed by atoms with Crippen LogP contribution in [0.15, 0.2) is 90.9 Å². The Labute approximate surface area is 227 Å². The Bertz CT molecular complexity index is 1730. The van der Waals surface area contributed by atoms with Gasteiger partial charge in [0.1, 0.15) is 5.52 Å². The molecule has 0 amide bonds. The van der Waals surface area contributed by atoms with Crippen molar-refractivity contribution >= 4 is 27.4 Å². The Balaban J connectivity index is 1.54. The lowest BCUT2D eigenvalue weighted by molar-refractivity contribution is 0.497. The number of anilines is 1. The number of rotatable bonds is 8. The maximum Gasteiger partial charge on any atom is 0.234 e. The van der Waals surface area contributed by atoms with Crippen LogP contribution in [0.25, 0.3) is 34.1 Å². The van der Waals surface area contributed by atoms with Crippen LogP contribution in [-0.4, -0.2) is 38.5 Å². The summed E-state index contributed by atoms with van der Waals surface area (Å²) in [6, 6.07) is 19.7. The van der Waals surface area contributed by atoms with Gasteiger partial charge in [0.05, 0.1) is 12.2 Å². The molecule has 0 aliphatic heterocycles. The Morgan fingerprint density at radius 1 is 0.974 bits per heavy atom. The van der Waals surface area contributed by atoms with Gasteiger partial charge in [-0.05, 0) is 62.2 Å². The van der Waals surface area contributed by atoms with Gasteiger partial charge in [0.25, 0.3) is 0 Å². The third kappa shape index (κ3) is 6.54. The summed E-state index contributed by atoms with van der Waals surface area (Å²) in [6.45, 7) is 5.85. The predicted molar refractivity (Wildman–Crippen MR) is 154 cm³/mol. The van der Waals surface area contributed by atoms with Crippen molar-refractivity contribution in [2.24, 2.45) is 0 Å². The summed E-state index contributed by atoms with van der Waals surface area (Å²) in [7, 11) is -3.62. The van der Waals surface area contributed by atoms with Crippen LogP contribution in [-0.2, 0) is 16.6 Å². The fourth-order valence-corrected chi connectivity index (χ4v) is 5.36. The fourth-order valence-electron chi connectivity index (χ4n) is 4.10. The Morgan fingerprint density at radius 2 is 1.77 bits per heavy atom. The Morgan fingerprint density at radius 3 is 2.51 bits per heavy atom. The molecule has 0 spiro atoms. The molecule has 0 radical (unpaired) electrons. The monoisotopic (exact) mass is 539 g/mol. The van der Waals surface area contributed by atoms with Gasteiger partial charge in [-0.2, -0.15) is 0 Å². The zero-order chi connectivity index (χ0) is 27.5. The summed E-state index contributed by atoms with van der Waals surface area (Å²) in [6.07, 6.45) is 8.41. The predicted octanol–water partition coefficient (Wildman–Crippen LogP) is 5.15. The Kier molecular flexibility index (Phi) is 7.23. The van der Waals surface area contributed by atoms with E-state index in [4.69, 9.17) is 10.1 Å². The Hall–Kier alpha value is -4.41. The van der Waals surface area contributed by atoms with Crippen LogP contribution in [0.1, 0.15) is 32.0 Å². The van der Waals surface area contributed by atoms with Crippen LogP contribution in [0, 0.1) is 0 Å². The van der Waals surface area contributed by atoms with Gasteiger partial charge in [0, 0.05) is 46.9 Å². The van der Waals surface area contributed by atoms with Gasteiger partial charge in [-0.15, -0.1) is 5.10 Å². The molecule has 4 heterocycles. The van der Waals surface area contributed by atoms with E-state index in [0.29, 0.717) is 29.3 Å². The molecule has 9 nitrogen and oxygen atoms in total. The number of aromatic nitrogens is 5. The largest absolute Gasteiger partial charge is 0.363 e. The van der Waals surface area contributed by atoms with E-state index in [2.05, 4.69) is 20.0 Å². The molecule has 0 aliphatic carbocycles. The van der Waals surface area contributed by atoms with E-state index < -0.39 is 15.6 Å². The molecular formula is C29H29N7O2S. The number of nitrogens with zero attached hydrogens (tertiary/aromatic N) is 5. The summed E-state index contributed by atoms with van der Waals surface area (Å²) in [5.74, 6) is 1.09. The molecule has 0 fully saturated rings. The van der Waals surface area contributed by atoms with Gasteiger partial charge in [0.15, 0.2) is 11.6 Å². The number of nitrogens with one attached hydrogen (secondary N) is 2. The first-order chi connectivity index (χ1) is 18.7. The molecule has 4 aromatic heterocycles. The van der Waals surface area contributed by atoms with E-state index in [9.17, 15) is 8.42 Å². The maximum absolute atomic E-state index is 12.4. The van der Waals surface area contributed by atoms with Crippen molar-refractivity contribution in [1.82, 2.24) is 29.3 Å². The summed E-state index contributed by atoms with van der Waals surface area (Å²) in [5.41, 5.74) is 4.44. The first-order valence-corrected chi connectivity index (χ1v) is 14.0. The second-order valence-electron chi connectivity index (χ2n) is 10.1. The molecule has 0 atom stereocenters. The van der Waals surface area contributed by atoms with E-state index in [0.717, 1.165) is 27.7 Å². The van der Waals surface area contributed by atoms with E-state index >= 15 is 0 Å². The standard InChI is InChI=1S/C29H29N7O2S/c1-29(2,3)35-39(37,38)16-13-21-17-23(19-30-18-21)27-33-28(32-20-24-11-7-8-14-31-24)26-25(12-15-36(26)34-27)22-9-5-4-6-10-22/h4-19,35H,20H2,1-3H3,(H,32,33,34). The molecule has 10 heteroatoms. The highest BCUT2D eigenvalue weighted by Crippen LogP contribution is 2.31. The van der Waals surface area contributed by atoms with Crippen molar-refractivity contribution in [3.63, 3.8) is 0 Å². The molecule has 0 unspecified atom stereocenters. The highest BCUT2D eigenvalue weighted by atomic mass is 32.2. The quantitative estimate of drug-likeness (QED) is 0.280. The van der Waals surface area contributed by atoms with Crippen LogP contribution in [0.2, 0.25) is 0 Å². The van der Waals surface area contributed by atoms with Crippen LogP contribution in [0.4, 0.5) is 5.82 Å². The summed E-state index contributed by atoms with van der Waals surface area (Å²) in [5, 5.41) is 9.34. The average molecular weight is 540 g/mol. The van der Waals surface area contributed by atoms with Crippen molar-refractivity contribution in [1.29, 1.82) is 0 Å². The third-order valence-corrected chi connectivity index (χ3v) is 7.06. The van der Waals surface area contributed by atoms with Crippen LogP contribution < -0.4 is 10.0 Å². The number of pyridine rings is 2. The molecule has 0 saturated heterocycles. The number of fused-ring (bicyclic) bond motifs is 1. The van der Waals surface area contributed by atoms with Crippen molar-refractivity contribution in [3.8, 4) is 22.5 Å². The molecule has 2 N–H and O–H groups in total. The van der Waals surface area contributed by atoms with Gasteiger partial charge in [-0.1, -0.05) is 36.4 Å². The molecule has 198 valence electrons. The highest BCUT2D eigenvalue weighted by molar-refractivity contribution is 7.92. The SMILES string of the molecule is CC(C)(C)NS(=O)(=O)C=Cc1cncc(-c2nc(NCc3ccccn3)c3c(-c4ccccc4)ccn3n2)c1. The first-order valence-electron chi connectivity index (χ1n) is 12.4. The molecule has 1 aromatic carbocycles.